The molecule has 1 saturated carbocycles. The van der Waals surface area contributed by atoms with Crippen LogP contribution >= 0.6 is 0 Å². The van der Waals surface area contributed by atoms with Crippen LogP contribution in [0.2, 0.25) is 0 Å². The topological polar surface area (TPSA) is 26.0 Å². The summed E-state index contributed by atoms with van der Waals surface area (Å²) < 4.78 is 0. The highest BCUT2D eigenvalue weighted by atomic mass is 14.6. The molecule has 1 heteroatoms. The molecule has 1 nitrogen and oxygen atoms in total. The summed E-state index contributed by atoms with van der Waals surface area (Å²) >= 11 is 0. The van der Waals surface area contributed by atoms with Gasteiger partial charge in [-0.2, -0.15) is 0 Å². The molecule has 1 rings (SSSR count). The van der Waals surface area contributed by atoms with Gasteiger partial charge in [0.2, 0.25) is 0 Å². The van der Waals surface area contributed by atoms with Gasteiger partial charge in [-0.15, -0.1) is 0 Å². The molecule has 1 aliphatic rings. The van der Waals surface area contributed by atoms with Crippen LogP contribution in [0, 0.1) is 0 Å². The third-order valence-electron chi connectivity index (χ3n) is 2.36. The van der Waals surface area contributed by atoms with Gasteiger partial charge in [-0.25, -0.2) is 0 Å². The van der Waals surface area contributed by atoms with Gasteiger partial charge in [0, 0.05) is 6.04 Å². The van der Waals surface area contributed by atoms with Crippen LogP contribution in [-0.2, 0) is 0 Å². The predicted octanol–water partition coefficient (Wildman–Crippen LogP) is 3.47. The Morgan fingerprint density at radius 1 is 1.00 bits per heavy atom. The number of hydrogen-bond acceptors (Lipinski definition) is 1. The lowest BCUT2D eigenvalue weighted by atomic mass is 9.97. The SMILES string of the molecule is CCCCC.NC1CCCCC1. The highest BCUT2D eigenvalue weighted by Crippen LogP contribution is 2.14. The molecule has 0 aromatic heterocycles. The Balaban J connectivity index is 0.000000217. The summed E-state index contributed by atoms with van der Waals surface area (Å²) in [7, 11) is 0. The highest BCUT2D eigenvalue weighted by molar-refractivity contribution is 4.66. The van der Waals surface area contributed by atoms with Gasteiger partial charge in [-0.05, 0) is 12.8 Å². The summed E-state index contributed by atoms with van der Waals surface area (Å²) in [5, 5.41) is 0. The van der Waals surface area contributed by atoms with E-state index in [2.05, 4.69) is 13.8 Å². The first kappa shape index (κ1) is 12.0. The molecule has 0 amide bonds. The third-order valence-corrected chi connectivity index (χ3v) is 2.36. The van der Waals surface area contributed by atoms with Gasteiger partial charge in [0.05, 0.1) is 0 Å². The molecule has 0 spiro atoms. The molecule has 0 heterocycles. The Bertz CT molecular complexity index is 73.1. The van der Waals surface area contributed by atoms with Crippen LogP contribution in [0.25, 0.3) is 0 Å². The Labute approximate surface area is 77.7 Å². The quantitative estimate of drug-likeness (QED) is 0.676. The van der Waals surface area contributed by atoms with Crippen molar-refractivity contribution in [2.45, 2.75) is 71.3 Å². The molecule has 1 fully saturated rings. The van der Waals surface area contributed by atoms with Crippen molar-refractivity contribution in [1.82, 2.24) is 0 Å². The summed E-state index contributed by atoms with van der Waals surface area (Å²) in [5.41, 5.74) is 5.63. The second kappa shape index (κ2) is 9.05. The molecule has 74 valence electrons. The largest absolute Gasteiger partial charge is 0.328 e. The van der Waals surface area contributed by atoms with Crippen molar-refractivity contribution in [3.63, 3.8) is 0 Å². The molecule has 1 aliphatic carbocycles. The first-order valence-electron chi connectivity index (χ1n) is 5.56. The molecule has 0 radical (unpaired) electrons. The second-order valence-corrected chi connectivity index (χ2v) is 3.75. The van der Waals surface area contributed by atoms with Gasteiger partial charge in [0.25, 0.3) is 0 Å². The van der Waals surface area contributed by atoms with Gasteiger partial charge < -0.3 is 5.73 Å². The number of rotatable bonds is 2. The van der Waals surface area contributed by atoms with Crippen LogP contribution in [0.5, 0.6) is 0 Å². The van der Waals surface area contributed by atoms with E-state index in [0.717, 1.165) is 0 Å². The minimum Gasteiger partial charge on any atom is -0.328 e. The van der Waals surface area contributed by atoms with E-state index >= 15 is 0 Å². The van der Waals surface area contributed by atoms with Gasteiger partial charge in [-0.3, -0.25) is 0 Å². The number of hydrogen-bond donors (Lipinski definition) is 1. The molecule has 2 N–H and O–H groups in total. The first-order valence-corrected chi connectivity index (χ1v) is 5.56. The maximum atomic E-state index is 5.63. The number of nitrogens with two attached hydrogens (primary N) is 1. The maximum Gasteiger partial charge on any atom is 0.00388 e. The Hall–Kier alpha value is -0.0400. The average Bonchev–Trinajstić information content (AvgIpc) is 2.08. The molecule has 0 aromatic rings. The molecular weight excluding hydrogens is 146 g/mol. The fourth-order valence-electron chi connectivity index (χ4n) is 1.49. The minimum absolute atomic E-state index is 0.536. The van der Waals surface area contributed by atoms with E-state index in [-0.39, 0.29) is 0 Å². The number of unbranched alkanes of at least 4 members (excludes halogenated alkanes) is 2. The van der Waals surface area contributed by atoms with E-state index in [9.17, 15) is 0 Å². The second-order valence-electron chi connectivity index (χ2n) is 3.75. The molecule has 0 unspecified atom stereocenters. The van der Waals surface area contributed by atoms with Gasteiger partial charge in [-0.1, -0.05) is 52.4 Å². The maximum absolute atomic E-state index is 5.63. The van der Waals surface area contributed by atoms with Crippen molar-refractivity contribution in [3.8, 4) is 0 Å². The monoisotopic (exact) mass is 171 g/mol. The predicted molar refractivity (Wildman–Crippen MR) is 56.3 cm³/mol. The summed E-state index contributed by atoms with van der Waals surface area (Å²) in [6.07, 6.45) is 10.7. The summed E-state index contributed by atoms with van der Waals surface area (Å²) in [5.74, 6) is 0. The summed E-state index contributed by atoms with van der Waals surface area (Å²) in [4.78, 5) is 0. The fourth-order valence-corrected chi connectivity index (χ4v) is 1.49. The molecule has 12 heavy (non-hydrogen) atoms. The molecule has 0 atom stereocenters. The Kier molecular flexibility index (Phi) is 9.02. The lowest BCUT2D eigenvalue weighted by molar-refractivity contribution is 0.441. The molecule has 0 bridgehead atoms. The van der Waals surface area contributed by atoms with E-state index in [1.807, 2.05) is 0 Å². The van der Waals surface area contributed by atoms with E-state index in [1.54, 1.807) is 0 Å². The van der Waals surface area contributed by atoms with Crippen LogP contribution in [0.4, 0.5) is 0 Å². The van der Waals surface area contributed by atoms with Gasteiger partial charge >= 0.3 is 0 Å². The van der Waals surface area contributed by atoms with Crippen molar-refractivity contribution in [2.24, 2.45) is 5.73 Å². The van der Waals surface area contributed by atoms with E-state index < -0.39 is 0 Å². The van der Waals surface area contributed by atoms with Crippen LogP contribution in [0.1, 0.15) is 65.2 Å². The standard InChI is InChI=1S/C6H13N.C5H12/c7-6-4-2-1-3-5-6;1-3-5-4-2/h6H,1-5,7H2;3-5H2,1-2H3. The summed E-state index contributed by atoms with van der Waals surface area (Å²) in [6, 6.07) is 0.536. The van der Waals surface area contributed by atoms with Gasteiger partial charge in [0.1, 0.15) is 0 Å². The van der Waals surface area contributed by atoms with Crippen molar-refractivity contribution >= 4 is 0 Å². The lowest BCUT2D eigenvalue weighted by Gasteiger charge is -2.15. The molecular formula is C11H25N. The van der Waals surface area contributed by atoms with Crippen molar-refractivity contribution < 1.29 is 0 Å². The van der Waals surface area contributed by atoms with E-state index in [1.165, 1.54) is 51.4 Å². The van der Waals surface area contributed by atoms with E-state index in [4.69, 9.17) is 5.73 Å². The van der Waals surface area contributed by atoms with Crippen molar-refractivity contribution in [3.05, 3.63) is 0 Å². The third kappa shape index (κ3) is 8.06. The zero-order chi connectivity index (χ0) is 9.23. The summed E-state index contributed by atoms with van der Waals surface area (Å²) in [6.45, 7) is 4.42. The smallest absolute Gasteiger partial charge is 0.00388 e. The average molecular weight is 171 g/mol. The zero-order valence-electron chi connectivity index (χ0n) is 8.81. The normalized spacial score (nSPS) is 18.2. The zero-order valence-corrected chi connectivity index (χ0v) is 8.81. The Morgan fingerprint density at radius 2 is 1.50 bits per heavy atom. The van der Waals surface area contributed by atoms with Crippen LogP contribution in [-0.4, -0.2) is 6.04 Å². The minimum atomic E-state index is 0.536. The fraction of sp³-hybridized carbons (Fsp3) is 1.00. The molecule has 0 aromatic carbocycles. The van der Waals surface area contributed by atoms with Crippen LogP contribution in [0.3, 0.4) is 0 Å². The highest BCUT2D eigenvalue weighted by Gasteiger charge is 2.06. The lowest BCUT2D eigenvalue weighted by Crippen LogP contribution is -2.22. The van der Waals surface area contributed by atoms with Crippen molar-refractivity contribution in [2.75, 3.05) is 0 Å². The molecule has 0 aliphatic heterocycles. The van der Waals surface area contributed by atoms with Crippen LogP contribution in [0.15, 0.2) is 0 Å². The Morgan fingerprint density at radius 3 is 1.67 bits per heavy atom. The van der Waals surface area contributed by atoms with Gasteiger partial charge in [0.15, 0.2) is 0 Å². The van der Waals surface area contributed by atoms with E-state index in [0.29, 0.717) is 6.04 Å². The molecule has 0 saturated heterocycles. The van der Waals surface area contributed by atoms with Crippen LogP contribution < -0.4 is 5.73 Å². The van der Waals surface area contributed by atoms with Crippen molar-refractivity contribution in [1.29, 1.82) is 0 Å². The first-order chi connectivity index (χ1) is 5.81.